The standard InChI is InChI=1S/C13H16F2N2O3/c1-3-7(2)11(12(18)19)17-13(20)16-8-4-5-9(14)10(15)6-8/h4-7,11H,3H2,1-2H3,(H,18,19)(H2,16,17,20). The second-order valence-corrected chi connectivity index (χ2v) is 4.43. The van der Waals surface area contributed by atoms with Gasteiger partial charge in [-0.2, -0.15) is 0 Å². The number of carboxylic acids is 1. The monoisotopic (exact) mass is 286 g/mol. The van der Waals surface area contributed by atoms with Gasteiger partial charge < -0.3 is 15.7 Å². The molecule has 0 radical (unpaired) electrons. The molecular formula is C13H16F2N2O3. The smallest absolute Gasteiger partial charge is 0.326 e. The average molecular weight is 286 g/mol. The molecule has 0 aromatic heterocycles. The van der Waals surface area contributed by atoms with Crippen LogP contribution in [0.3, 0.4) is 0 Å². The zero-order valence-corrected chi connectivity index (χ0v) is 11.1. The van der Waals surface area contributed by atoms with Crippen molar-refractivity contribution >= 4 is 17.7 Å². The molecule has 0 fully saturated rings. The van der Waals surface area contributed by atoms with E-state index in [9.17, 15) is 18.4 Å². The highest BCUT2D eigenvalue weighted by molar-refractivity contribution is 5.92. The molecular weight excluding hydrogens is 270 g/mol. The molecule has 5 nitrogen and oxygen atoms in total. The lowest BCUT2D eigenvalue weighted by atomic mass is 9.99. The molecule has 1 aromatic rings. The third kappa shape index (κ3) is 4.18. The minimum atomic E-state index is -1.15. The highest BCUT2D eigenvalue weighted by Gasteiger charge is 2.25. The number of anilines is 1. The summed E-state index contributed by atoms with van der Waals surface area (Å²) in [6, 6.07) is 1.02. The first-order valence-corrected chi connectivity index (χ1v) is 6.10. The number of benzene rings is 1. The van der Waals surface area contributed by atoms with Crippen molar-refractivity contribution in [3.05, 3.63) is 29.8 Å². The fraction of sp³-hybridized carbons (Fsp3) is 0.385. The van der Waals surface area contributed by atoms with Gasteiger partial charge in [0.2, 0.25) is 0 Å². The molecule has 0 saturated carbocycles. The summed E-state index contributed by atoms with van der Waals surface area (Å²) in [5, 5.41) is 13.6. The van der Waals surface area contributed by atoms with Crippen LogP contribution in [0.4, 0.5) is 19.3 Å². The quantitative estimate of drug-likeness (QED) is 0.778. The number of halogens is 2. The summed E-state index contributed by atoms with van der Waals surface area (Å²) in [6.45, 7) is 3.49. The van der Waals surface area contributed by atoms with Gasteiger partial charge in [0.05, 0.1) is 0 Å². The zero-order valence-electron chi connectivity index (χ0n) is 11.1. The number of hydrogen-bond donors (Lipinski definition) is 3. The molecule has 2 amide bonds. The Morgan fingerprint density at radius 3 is 2.45 bits per heavy atom. The van der Waals surface area contributed by atoms with Gasteiger partial charge in [-0.1, -0.05) is 20.3 Å². The largest absolute Gasteiger partial charge is 0.480 e. The summed E-state index contributed by atoms with van der Waals surface area (Å²) in [7, 11) is 0. The van der Waals surface area contributed by atoms with Gasteiger partial charge in [-0.15, -0.1) is 0 Å². The van der Waals surface area contributed by atoms with Crippen LogP contribution >= 0.6 is 0 Å². The molecule has 110 valence electrons. The van der Waals surface area contributed by atoms with E-state index in [0.29, 0.717) is 6.42 Å². The predicted molar refractivity (Wildman–Crippen MR) is 69.4 cm³/mol. The molecule has 0 saturated heterocycles. The molecule has 7 heteroatoms. The maximum atomic E-state index is 13.0. The molecule has 20 heavy (non-hydrogen) atoms. The van der Waals surface area contributed by atoms with Crippen LogP contribution in [0.25, 0.3) is 0 Å². The van der Waals surface area contributed by atoms with Gasteiger partial charge in [0.1, 0.15) is 6.04 Å². The Labute approximate surface area is 115 Å². The third-order valence-corrected chi connectivity index (χ3v) is 2.94. The second kappa shape index (κ2) is 6.83. The Hall–Kier alpha value is -2.18. The number of hydrogen-bond acceptors (Lipinski definition) is 2. The lowest BCUT2D eigenvalue weighted by molar-refractivity contribution is -0.140. The molecule has 2 unspecified atom stereocenters. The minimum absolute atomic E-state index is 0.0368. The van der Waals surface area contributed by atoms with Crippen LogP contribution in [-0.2, 0) is 4.79 Å². The van der Waals surface area contributed by atoms with E-state index in [-0.39, 0.29) is 11.6 Å². The molecule has 1 aromatic carbocycles. The second-order valence-electron chi connectivity index (χ2n) is 4.43. The van der Waals surface area contributed by atoms with Crippen molar-refractivity contribution in [2.45, 2.75) is 26.3 Å². The van der Waals surface area contributed by atoms with Crippen LogP contribution in [-0.4, -0.2) is 23.1 Å². The summed E-state index contributed by atoms with van der Waals surface area (Å²) in [6.07, 6.45) is 0.572. The Morgan fingerprint density at radius 1 is 1.30 bits per heavy atom. The summed E-state index contributed by atoms with van der Waals surface area (Å²) < 4.78 is 25.7. The van der Waals surface area contributed by atoms with Crippen molar-refractivity contribution in [1.29, 1.82) is 0 Å². The fourth-order valence-corrected chi connectivity index (χ4v) is 1.57. The first-order chi connectivity index (χ1) is 9.35. The van der Waals surface area contributed by atoms with Crippen LogP contribution in [0.1, 0.15) is 20.3 Å². The Morgan fingerprint density at radius 2 is 1.95 bits per heavy atom. The molecule has 0 aliphatic carbocycles. The van der Waals surface area contributed by atoms with Crippen molar-refractivity contribution in [2.24, 2.45) is 5.92 Å². The minimum Gasteiger partial charge on any atom is -0.480 e. The van der Waals surface area contributed by atoms with Crippen LogP contribution in [0.15, 0.2) is 18.2 Å². The molecule has 0 bridgehead atoms. The molecule has 0 heterocycles. The molecule has 0 spiro atoms. The number of carbonyl (C=O) groups is 2. The molecule has 0 aliphatic heterocycles. The Kier molecular flexibility index (Phi) is 5.42. The lowest BCUT2D eigenvalue weighted by Crippen LogP contribution is -2.46. The normalized spacial score (nSPS) is 13.4. The van der Waals surface area contributed by atoms with E-state index in [1.165, 1.54) is 6.07 Å². The van der Waals surface area contributed by atoms with Crippen molar-refractivity contribution in [3.63, 3.8) is 0 Å². The van der Waals surface area contributed by atoms with Gasteiger partial charge in [0.15, 0.2) is 11.6 Å². The maximum Gasteiger partial charge on any atom is 0.326 e. The number of amides is 2. The van der Waals surface area contributed by atoms with Gasteiger partial charge in [0.25, 0.3) is 0 Å². The van der Waals surface area contributed by atoms with E-state index in [1.807, 2.05) is 0 Å². The summed E-state index contributed by atoms with van der Waals surface area (Å²) in [5.41, 5.74) is 0.0368. The average Bonchev–Trinajstić information content (AvgIpc) is 2.39. The third-order valence-electron chi connectivity index (χ3n) is 2.94. The molecule has 3 N–H and O–H groups in total. The highest BCUT2D eigenvalue weighted by Crippen LogP contribution is 2.13. The molecule has 0 aliphatic rings. The summed E-state index contributed by atoms with van der Waals surface area (Å²) >= 11 is 0. The molecule has 1 rings (SSSR count). The zero-order chi connectivity index (χ0) is 15.3. The SMILES string of the molecule is CCC(C)C(NC(=O)Nc1ccc(F)c(F)c1)C(=O)O. The summed E-state index contributed by atoms with van der Waals surface area (Å²) in [5.74, 6) is -3.54. The van der Waals surface area contributed by atoms with E-state index in [4.69, 9.17) is 5.11 Å². The number of nitrogens with one attached hydrogen (secondary N) is 2. The van der Waals surface area contributed by atoms with Gasteiger partial charge in [-0.05, 0) is 18.1 Å². The fourth-order valence-electron chi connectivity index (χ4n) is 1.57. The Bertz CT molecular complexity index is 508. The van der Waals surface area contributed by atoms with Crippen LogP contribution in [0, 0.1) is 17.6 Å². The van der Waals surface area contributed by atoms with Gasteiger partial charge in [-0.3, -0.25) is 0 Å². The van der Waals surface area contributed by atoms with Crippen molar-refractivity contribution in [3.8, 4) is 0 Å². The van der Waals surface area contributed by atoms with Crippen molar-refractivity contribution in [1.82, 2.24) is 5.32 Å². The van der Waals surface area contributed by atoms with Gasteiger partial charge >= 0.3 is 12.0 Å². The maximum absolute atomic E-state index is 13.0. The Balaban J connectivity index is 2.70. The lowest BCUT2D eigenvalue weighted by Gasteiger charge is -2.20. The topological polar surface area (TPSA) is 78.4 Å². The van der Waals surface area contributed by atoms with E-state index in [0.717, 1.165) is 12.1 Å². The van der Waals surface area contributed by atoms with Crippen LogP contribution in [0.2, 0.25) is 0 Å². The van der Waals surface area contributed by atoms with E-state index >= 15 is 0 Å². The van der Waals surface area contributed by atoms with E-state index < -0.39 is 29.7 Å². The number of carboxylic acid groups (broad SMARTS) is 1. The highest BCUT2D eigenvalue weighted by atomic mass is 19.2. The number of urea groups is 1. The molecule has 2 atom stereocenters. The van der Waals surface area contributed by atoms with Crippen molar-refractivity contribution < 1.29 is 23.5 Å². The first-order valence-electron chi connectivity index (χ1n) is 6.10. The van der Waals surface area contributed by atoms with Gasteiger partial charge in [-0.25, -0.2) is 18.4 Å². The van der Waals surface area contributed by atoms with Crippen LogP contribution in [0.5, 0.6) is 0 Å². The summed E-state index contributed by atoms with van der Waals surface area (Å²) in [4.78, 5) is 22.7. The first kappa shape index (κ1) is 15.9. The van der Waals surface area contributed by atoms with E-state index in [1.54, 1.807) is 13.8 Å². The van der Waals surface area contributed by atoms with Crippen LogP contribution < -0.4 is 10.6 Å². The predicted octanol–water partition coefficient (Wildman–Crippen LogP) is 2.59. The van der Waals surface area contributed by atoms with Gasteiger partial charge in [0, 0.05) is 11.8 Å². The van der Waals surface area contributed by atoms with Crippen molar-refractivity contribution in [2.75, 3.05) is 5.32 Å². The van der Waals surface area contributed by atoms with E-state index in [2.05, 4.69) is 10.6 Å². The number of aliphatic carboxylic acids is 1. The number of rotatable bonds is 5. The number of carbonyl (C=O) groups excluding carboxylic acids is 1.